The fourth-order valence-electron chi connectivity index (χ4n) is 4.03. The lowest BCUT2D eigenvalue weighted by atomic mass is 10.0. The Morgan fingerprint density at radius 3 is 2.63 bits per heavy atom. The van der Waals surface area contributed by atoms with Gasteiger partial charge in [-0.05, 0) is 43.2 Å². The summed E-state index contributed by atoms with van der Waals surface area (Å²) in [4.78, 5) is 45.1. The predicted octanol–water partition coefficient (Wildman–Crippen LogP) is 2.51. The number of piperidine rings is 1. The summed E-state index contributed by atoms with van der Waals surface area (Å²) in [7, 11) is 0. The van der Waals surface area contributed by atoms with Crippen molar-refractivity contribution in [2.24, 2.45) is 5.92 Å². The van der Waals surface area contributed by atoms with E-state index in [1.54, 1.807) is 41.4 Å². The van der Waals surface area contributed by atoms with Gasteiger partial charge in [0.2, 0.25) is 11.8 Å². The molecule has 2 aliphatic heterocycles. The largest absolute Gasteiger partial charge is 0.349 e. The number of aromatic nitrogens is 1. The van der Waals surface area contributed by atoms with E-state index in [9.17, 15) is 14.4 Å². The maximum atomic E-state index is 13.0. The first-order chi connectivity index (χ1) is 14.5. The first-order valence-electron chi connectivity index (χ1n) is 10.1. The number of nitrogens with zero attached hydrogens (tertiary/aromatic N) is 3. The molecule has 2 aliphatic rings. The number of likely N-dealkylation sites (tertiary alicyclic amines) is 1. The minimum Gasteiger partial charge on any atom is -0.349 e. The van der Waals surface area contributed by atoms with Crippen molar-refractivity contribution in [1.29, 1.82) is 0 Å². The lowest BCUT2D eigenvalue weighted by Crippen LogP contribution is -2.48. The highest BCUT2D eigenvalue weighted by atomic mass is 35.5. The van der Waals surface area contributed by atoms with Gasteiger partial charge >= 0.3 is 0 Å². The van der Waals surface area contributed by atoms with E-state index in [1.807, 2.05) is 11.0 Å². The standard InChI is InChI=1S/C22H23ClN4O3/c23-17-4-1-5-19(12-17)27-14-16(11-20(27)28)22(30)26-9-6-18(7-10-26)25-21(29)15-3-2-8-24-13-15/h1-5,8,12-13,16,18H,6-7,9-11,14H2,(H,25,29). The summed E-state index contributed by atoms with van der Waals surface area (Å²) >= 11 is 6.03. The quantitative estimate of drug-likeness (QED) is 0.814. The highest BCUT2D eigenvalue weighted by Crippen LogP contribution is 2.28. The van der Waals surface area contributed by atoms with E-state index in [4.69, 9.17) is 11.6 Å². The summed E-state index contributed by atoms with van der Waals surface area (Å²) in [6.45, 7) is 1.51. The maximum absolute atomic E-state index is 13.0. The second-order valence-electron chi connectivity index (χ2n) is 7.70. The summed E-state index contributed by atoms with van der Waals surface area (Å²) in [5, 5.41) is 3.57. The van der Waals surface area contributed by atoms with Crippen LogP contribution in [-0.2, 0) is 9.59 Å². The minimum absolute atomic E-state index is 0.00455. The Hall–Kier alpha value is -2.93. The molecule has 0 bridgehead atoms. The number of nitrogens with one attached hydrogen (secondary N) is 1. The van der Waals surface area contributed by atoms with E-state index in [1.165, 1.54) is 6.20 Å². The van der Waals surface area contributed by atoms with Crippen LogP contribution in [0.2, 0.25) is 5.02 Å². The molecule has 7 nitrogen and oxygen atoms in total. The number of benzene rings is 1. The van der Waals surface area contributed by atoms with Gasteiger partial charge < -0.3 is 15.1 Å². The van der Waals surface area contributed by atoms with Gasteiger partial charge in [-0.2, -0.15) is 0 Å². The summed E-state index contributed by atoms with van der Waals surface area (Å²) in [6, 6.07) is 10.6. The van der Waals surface area contributed by atoms with Crippen LogP contribution in [0.5, 0.6) is 0 Å². The molecule has 2 aromatic rings. The second-order valence-corrected chi connectivity index (χ2v) is 8.14. The zero-order valence-electron chi connectivity index (χ0n) is 16.5. The molecule has 1 unspecified atom stereocenters. The molecule has 156 valence electrons. The molecule has 3 amide bonds. The molecule has 1 atom stereocenters. The van der Waals surface area contributed by atoms with Crippen LogP contribution in [0.25, 0.3) is 0 Å². The molecule has 4 rings (SSSR count). The fourth-order valence-corrected chi connectivity index (χ4v) is 4.22. The summed E-state index contributed by atoms with van der Waals surface area (Å²) in [6.07, 6.45) is 4.76. The van der Waals surface area contributed by atoms with Crippen molar-refractivity contribution in [2.45, 2.75) is 25.3 Å². The molecule has 0 saturated carbocycles. The van der Waals surface area contributed by atoms with Gasteiger partial charge in [0.1, 0.15) is 0 Å². The lowest BCUT2D eigenvalue weighted by Gasteiger charge is -2.33. The van der Waals surface area contributed by atoms with Crippen molar-refractivity contribution < 1.29 is 14.4 Å². The van der Waals surface area contributed by atoms with Gasteiger partial charge in [0.15, 0.2) is 0 Å². The Morgan fingerprint density at radius 2 is 1.93 bits per heavy atom. The van der Waals surface area contributed by atoms with Crippen LogP contribution in [0, 0.1) is 5.92 Å². The molecular formula is C22H23ClN4O3. The topological polar surface area (TPSA) is 82.6 Å². The van der Waals surface area contributed by atoms with Crippen molar-refractivity contribution in [3.05, 3.63) is 59.4 Å². The zero-order valence-corrected chi connectivity index (χ0v) is 17.2. The Balaban J connectivity index is 1.30. The SMILES string of the molecule is O=C(NC1CCN(C(=O)C2CC(=O)N(c3cccc(Cl)c3)C2)CC1)c1cccnc1. The molecule has 2 saturated heterocycles. The second kappa shape index (κ2) is 8.83. The molecule has 8 heteroatoms. The van der Waals surface area contributed by atoms with Crippen LogP contribution >= 0.6 is 11.6 Å². The number of carbonyl (C=O) groups is 3. The van der Waals surface area contributed by atoms with Crippen LogP contribution < -0.4 is 10.2 Å². The molecule has 1 aromatic carbocycles. The number of rotatable bonds is 4. The number of halogens is 1. The maximum Gasteiger partial charge on any atom is 0.253 e. The third-order valence-corrected chi connectivity index (χ3v) is 5.89. The number of pyridine rings is 1. The van der Waals surface area contributed by atoms with Crippen molar-refractivity contribution in [1.82, 2.24) is 15.2 Å². The molecule has 2 fully saturated rings. The van der Waals surface area contributed by atoms with Gasteiger partial charge in [-0.15, -0.1) is 0 Å². The normalized spacial score (nSPS) is 19.8. The van der Waals surface area contributed by atoms with E-state index in [2.05, 4.69) is 10.3 Å². The average Bonchev–Trinajstić information content (AvgIpc) is 3.16. The van der Waals surface area contributed by atoms with Crippen molar-refractivity contribution in [3.63, 3.8) is 0 Å². The molecule has 0 aliphatic carbocycles. The van der Waals surface area contributed by atoms with Crippen LogP contribution in [0.1, 0.15) is 29.6 Å². The van der Waals surface area contributed by atoms with Crippen LogP contribution in [0.3, 0.4) is 0 Å². The third-order valence-electron chi connectivity index (χ3n) is 5.66. The Kier molecular flexibility index (Phi) is 5.99. The van der Waals surface area contributed by atoms with Gasteiger partial charge in [0.25, 0.3) is 5.91 Å². The number of amides is 3. The molecule has 0 spiro atoms. The van der Waals surface area contributed by atoms with E-state index in [0.29, 0.717) is 43.1 Å². The van der Waals surface area contributed by atoms with E-state index in [0.717, 1.165) is 5.69 Å². The van der Waals surface area contributed by atoms with Crippen molar-refractivity contribution in [2.75, 3.05) is 24.5 Å². The predicted molar refractivity (Wildman–Crippen MR) is 113 cm³/mol. The molecule has 1 N–H and O–H groups in total. The number of hydrogen-bond donors (Lipinski definition) is 1. The van der Waals surface area contributed by atoms with Gasteiger partial charge in [-0.25, -0.2) is 0 Å². The minimum atomic E-state index is -0.349. The smallest absolute Gasteiger partial charge is 0.253 e. The van der Waals surface area contributed by atoms with Crippen LogP contribution in [0.15, 0.2) is 48.8 Å². The fraction of sp³-hybridized carbons (Fsp3) is 0.364. The monoisotopic (exact) mass is 426 g/mol. The Morgan fingerprint density at radius 1 is 1.13 bits per heavy atom. The summed E-state index contributed by atoms with van der Waals surface area (Å²) in [5.41, 5.74) is 1.25. The average molecular weight is 427 g/mol. The van der Waals surface area contributed by atoms with Crippen molar-refractivity contribution >= 4 is 35.0 Å². The molecule has 3 heterocycles. The Bertz CT molecular complexity index is 944. The Labute approximate surface area is 180 Å². The highest BCUT2D eigenvalue weighted by Gasteiger charge is 2.38. The van der Waals surface area contributed by atoms with Gasteiger partial charge in [0.05, 0.1) is 11.5 Å². The first-order valence-corrected chi connectivity index (χ1v) is 10.4. The van der Waals surface area contributed by atoms with Crippen molar-refractivity contribution in [3.8, 4) is 0 Å². The van der Waals surface area contributed by atoms with Gasteiger partial charge in [-0.3, -0.25) is 19.4 Å². The number of anilines is 1. The summed E-state index contributed by atoms with van der Waals surface area (Å²) in [5.74, 6) is -0.552. The lowest BCUT2D eigenvalue weighted by molar-refractivity contribution is -0.136. The van der Waals surface area contributed by atoms with E-state index >= 15 is 0 Å². The van der Waals surface area contributed by atoms with Crippen LogP contribution in [0.4, 0.5) is 5.69 Å². The molecule has 0 radical (unpaired) electrons. The highest BCUT2D eigenvalue weighted by molar-refractivity contribution is 6.31. The zero-order chi connectivity index (χ0) is 21.1. The van der Waals surface area contributed by atoms with Gasteiger partial charge in [0, 0.05) is 55.2 Å². The molecular weight excluding hydrogens is 404 g/mol. The van der Waals surface area contributed by atoms with Crippen LogP contribution in [-0.4, -0.2) is 53.3 Å². The molecule has 1 aromatic heterocycles. The summed E-state index contributed by atoms with van der Waals surface area (Å²) < 4.78 is 0. The number of carbonyl (C=O) groups excluding carboxylic acids is 3. The number of hydrogen-bond acceptors (Lipinski definition) is 4. The first kappa shape index (κ1) is 20.3. The van der Waals surface area contributed by atoms with Gasteiger partial charge in [-0.1, -0.05) is 17.7 Å². The van der Waals surface area contributed by atoms with E-state index in [-0.39, 0.29) is 36.1 Å². The van der Waals surface area contributed by atoms with E-state index < -0.39 is 0 Å². The third kappa shape index (κ3) is 4.46. The molecule has 30 heavy (non-hydrogen) atoms.